The molecule has 0 atom stereocenters. The predicted molar refractivity (Wildman–Crippen MR) is 153 cm³/mol. The molecule has 1 heterocycles. The summed E-state index contributed by atoms with van der Waals surface area (Å²) in [4.78, 5) is 39.6. The molecule has 0 aliphatic rings. The molecule has 0 aliphatic carbocycles. The highest BCUT2D eigenvalue weighted by atomic mass is 16.5. The van der Waals surface area contributed by atoms with Crippen LogP contribution in [0.25, 0.3) is 11.4 Å². The molecule has 4 aromatic carbocycles. The van der Waals surface area contributed by atoms with Gasteiger partial charge in [-0.3, -0.25) is 4.79 Å². The van der Waals surface area contributed by atoms with Crippen molar-refractivity contribution in [3.8, 4) is 23.0 Å². The molecule has 1 aromatic heterocycles. The Hall–Kier alpha value is -5.17. The third-order valence-corrected chi connectivity index (χ3v) is 6.38. The molecule has 0 aliphatic heterocycles. The Morgan fingerprint density at radius 3 is 1.68 bits per heavy atom. The standard InChI is InChI=1S/C33H28N2O5/c1-2-3-19-29-30(36)34(26-17-11-6-12-18-26)35(31(29)40-33(38)25-15-9-5-10-16-25)27-20-22-28(23-21-27)39-32(37)24-13-7-4-8-14-24/h4-18,20-23H,2-3,19H2,1H3. The molecule has 0 radical (unpaired) electrons. The molecule has 7 nitrogen and oxygen atoms in total. The lowest BCUT2D eigenvalue weighted by molar-refractivity contribution is 0.0714. The van der Waals surface area contributed by atoms with Crippen molar-refractivity contribution in [1.29, 1.82) is 0 Å². The number of ether oxygens (including phenoxy) is 2. The van der Waals surface area contributed by atoms with Gasteiger partial charge in [-0.15, -0.1) is 0 Å². The first-order valence-electron chi connectivity index (χ1n) is 13.1. The van der Waals surface area contributed by atoms with Gasteiger partial charge in [0.15, 0.2) is 0 Å². The maximum absolute atomic E-state index is 13.9. The van der Waals surface area contributed by atoms with E-state index in [1.807, 2.05) is 49.4 Å². The van der Waals surface area contributed by atoms with Crippen LogP contribution in [0.1, 0.15) is 46.0 Å². The van der Waals surface area contributed by atoms with Gasteiger partial charge in [-0.2, -0.15) is 0 Å². The Morgan fingerprint density at radius 1 is 0.625 bits per heavy atom. The van der Waals surface area contributed by atoms with Gasteiger partial charge in [-0.25, -0.2) is 19.0 Å². The van der Waals surface area contributed by atoms with Crippen LogP contribution in [-0.2, 0) is 6.42 Å². The highest BCUT2D eigenvalue weighted by molar-refractivity contribution is 5.91. The summed E-state index contributed by atoms with van der Waals surface area (Å²) in [5.74, 6) is -0.543. The third-order valence-electron chi connectivity index (χ3n) is 6.38. The average Bonchev–Trinajstić information content (AvgIpc) is 3.28. The zero-order valence-corrected chi connectivity index (χ0v) is 22.0. The van der Waals surface area contributed by atoms with E-state index < -0.39 is 11.9 Å². The molecule has 5 aromatic rings. The Morgan fingerprint density at radius 2 is 1.12 bits per heavy atom. The van der Waals surface area contributed by atoms with Crippen LogP contribution in [0.4, 0.5) is 0 Å². The first-order valence-corrected chi connectivity index (χ1v) is 13.1. The number of aromatic nitrogens is 2. The lowest BCUT2D eigenvalue weighted by Crippen LogP contribution is -2.22. The second kappa shape index (κ2) is 12.1. The molecule has 0 unspecified atom stereocenters. The van der Waals surface area contributed by atoms with Gasteiger partial charge in [0.2, 0.25) is 5.88 Å². The summed E-state index contributed by atoms with van der Waals surface area (Å²) < 4.78 is 14.6. The largest absolute Gasteiger partial charge is 0.423 e. The summed E-state index contributed by atoms with van der Waals surface area (Å²) >= 11 is 0. The summed E-state index contributed by atoms with van der Waals surface area (Å²) in [5, 5.41) is 0. The SMILES string of the molecule is CCCCc1c(OC(=O)c2ccccc2)n(-c2ccc(OC(=O)c3ccccc3)cc2)n(-c2ccccc2)c1=O. The predicted octanol–water partition coefficient (Wildman–Crippen LogP) is 6.41. The number of benzene rings is 4. The fourth-order valence-corrected chi connectivity index (χ4v) is 4.35. The lowest BCUT2D eigenvalue weighted by Gasteiger charge is -2.16. The average molecular weight is 533 g/mol. The Kier molecular flexibility index (Phi) is 8.02. The van der Waals surface area contributed by atoms with Crippen LogP contribution in [0.5, 0.6) is 11.6 Å². The van der Waals surface area contributed by atoms with Crippen LogP contribution in [0.15, 0.2) is 120 Å². The van der Waals surface area contributed by atoms with Crippen LogP contribution < -0.4 is 15.0 Å². The van der Waals surface area contributed by atoms with E-state index in [9.17, 15) is 14.4 Å². The van der Waals surface area contributed by atoms with Crippen LogP contribution in [0, 0.1) is 0 Å². The van der Waals surface area contributed by atoms with E-state index >= 15 is 0 Å². The molecule has 0 saturated heterocycles. The van der Waals surface area contributed by atoms with Gasteiger partial charge < -0.3 is 9.47 Å². The van der Waals surface area contributed by atoms with E-state index in [1.165, 1.54) is 4.68 Å². The highest BCUT2D eigenvalue weighted by Gasteiger charge is 2.26. The van der Waals surface area contributed by atoms with Gasteiger partial charge in [0.25, 0.3) is 5.56 Å². The number of carbonyl (C=O) groups excluding carboxylic acids is 2. The topological polar surface area (TPSA) is 79.5 Å². The number of unbranched alkanes of at least 4 members (excludes halogenated alkanes) is 1. The number of hydrogen-bond acceptors (Lipinski definition) is 5. The van der Waals surface area contributed by atoms with E-state index in [2.05, 4.69) is 0 Å². The van der Waals surface area contributed by atoms with Crippen molar-refractivity contribution in [2.75, 3.05) is 0 Å². The van der Waals surface area contributed by atoms with Crippen molar-refractivity contribution in [3.05, 3.63) is 142 Å². The fourth-order valence-electron chi connectivity index (χ4n) is 4.35. The normalized spacial score (nSPS) is 10.7. The minimum Gasteiger partial charge on any atom is -0.423 e. The lowest BCUT2D eigenvalue weighted by atomic mass is 10.1. The molecule has 7 heteroatoms. The minimum atomic E-state index is -0.564. The van der Waals surface area contributed by atoms with Gasteiger partial charge in [-0.1, -0.05) is 67.9 Å². The van der Waals surface area contributed by atoms with Crippen molar-refractivity contribution in [2.45, 2.75) is 26.2 Å². The van der Waals surface area contributed by atoms with Crippen molar-refractivity contribution in [3.63, 3.8) is 0 Å². The van der Waals surface area contributed by atoms with Gasteiger partial charge in [-0.05, 0) is 73.5 Å². The Balaban J connectivity index is 1.60. The molecular formula is C33H28N2O5. The molecule has 0 fully saturated rings. The smallest absolute Gasteiger partial charge is 0.344 e. The summed E-state index contributed by atoms with van der Waals surface area (Å²) in [6.07, 6.45) is 2.06. The number of carbonyl (C=O) groups is 2. The maximum Gasteiger partial charge on any atom is 0.344 e. The molecular weight excluding hydrogens is 504 g/mol. The third kappa shape index (κ3) is 5.63. The number of nitrogens with zero attached hydrogens (tertiary/aromatic N) is 2. The molecule has 0 spiro atoms. The Labute approximate surface area is 231 Å². The first kappa shape index (κ1) is 26.4. The van der Waals surface area contributed by atoms with E-state index in [4.69, 9.17) is 9.47 Å². The van der Waals surface area contributed by atoms with Crippen molar-refractivity contribution < 1.29 is 19.1 Å². The number of hydrogen-bond donors (Lipinski definition) is 0. The van der Waals surface area contributed by atoms with E-state index in [-0.39, 0.29) is 11.4 Å². The zero-order valence-electron chi connectivity index (χ0n) is 22.0. The molecule has 200 valence electrons. The molecule has 40 heavy (non-hydrogen) atoms. The highest BCUT2D eigenvalue weighted by Crippen LogP contribution is 2.28. The molecule has 0 bridgehead atoms. The van der Waals surface area contributed by atoms with Crippen molar-refractivity contribution in [2.24, 2.45) is 0 Å². The monoisotopic (exact) mass is 532 g/mol. The second-order valence-electron chi connectivity index (χ2n) is 9.16. The van der Waals surface area contributed by atoms with Crippen LogP contribution in [-0.4, -0.2) is 21.3 Å². The quantitative estimate of drug-likeness (QED) is 0.162. The van der Waals surface area contributed by atoms with Gasteiger partial charge in [0, 0.05) is 0 Å². The summed E-state index contributed by atoms with van der Waals surface area (Å²) in [6.45, 7) is 2.04. The molecule has 0 amide bonds. The Bertz CT molecular complexity index is 1660. The molecule has 0 saturated carbocycles. The first-order chi connectivity index (χ1) is 19.6. The second-order valence-corrected chi connectivity index (χ2v) is 9.16. The maximum atomic E-state index is 13.9. The van der Waals surface area contributed by atoms with Crippen LogP contribution in [0.3, 0.4) is 0 Å². The molecule has 5 rings (SSSR count). The van der Waals surface area contributed by atoms with Crippen LogP contribution in [0.2, 0.25) is 0 Å². The zero-order chi connectivity index (χ0) is 27.9. The van der Waals surface area contributed by atoms with E-state index in [0.717, 1.165) is 12.8 Å². The summed E-state index contributed by atoms with van der Waals surface area (Å²) in [7, 11) is 0. The van der Waals surface area contributed by atoms with E-state index in [1.54, 1.807) is 77.5 Å². The summed E-state index contributed by atoms with van der Waals surface area (Å²) in [6, 6.07) is 33.3. The minimum absolute atomic E-state index is 0.158. The van der Waals surface area contributed by atoms with Crippen LogP contribution >= 0.6 is 0 Å². The molecule has 0 N–H and O–H groups in total. The number of para-hydroxylation sites is 1. The number of rotatable bonds is 9. The van der Waals surface area contributed by atoms with Crippen molar-refractivity contribution in [1.82, 2.24) is 9.36 Å². The van der Waals surface area contributed by atoms with Gasteiger partial charge in [0.1, 0.15) is 5.75 Å². The van der Waals surface area contributed by atoms with E-state index in [0.29, 0.717) is 40.2 Å². The van der Waals surface area contributed by atoms with Gasteiger partial charge >= 0.3 is 11.9 Å². The number of esters is 2. The fraction of sp³-hybridized carbons (Fsp3) is 0.121. The van der Waals surface area contributed by atoms with Gasteiger partial charge in [0.05, 0.1) is 28.1 Å². The summed E-state index contributed by atoms with van der Waals surface area (Å²) in [5.41, 5.74) is 2.12. The van der Waals surface area contributed by atoms with Crippen molar-refractivity contribution >= 4 is 11.9 Å².